The molecule has 5 nitrogen and oxygen atoms in total. The normalized spacial score (nSPS) is 10.6. The molecule has 0 saturated heterocycles. The molecule has 0 aliphatic carbocycles. The Morgan fingerprint density at radius 2 is 2.28 bits per heavy atom. The standard InChI is InChI=1S/C12H15FN4O/c1-2-5-17-12(15-8-16-17)7-18-11-4-3-9(13)6-10(11)14/h3-4,6,8H,2,5,7,14H2,1H3. The average molecular weight is 250 g/mol. The van der Waals surface area contributed by atoms with Crippen molar-refractivity contribution < 1.29 is 9.13 Å². The SMILES string of the molecule is CCCn1ncnc1COc1ccc(F)cc1N. The van der Waals surface area contributed by atoms with Crippen molar-refractivity contribution >= 4 is 5.69 Å². The molecule has 0 aliphatic heterocycles. The van der Waals surface area contributed by atoms with Gasteiger partial charge in [-0.3, -0.25) is 0 Å². The van der Waals surface area contributed by atoms with E-state index in [0.717, 1.165) is 18.8 Å². The predicted molar refractivity (Wildman–Crippen MR) is 65.5 cm³/mol. The van der Waals surface area contributed by atoms with Crippen molar-refractivity contribution in [3.8, 4) is 5.75 Å². The molecule has 2 N–H and O–H groups in total. The minimum absolute atomic E-state index is 0.260. The van der Waals surface area contributed by atoms with Crippen molar-refractivity contribution in [2.45, 2.75) is 26.5 Å². The molecule has 1 aromatic heterocycles. The van der Waals surface area contributed by atoms with E-state index in [1.54, 1.807) is 4.68 Å². The topological polar surface area (TPSA) is 66.0 Å². The van der Waals surface area contributed by atoms with E-state index in [1.807, 2.05) is 0 Å². The van der Waals surface area contributed by atoms with Gasteiger partial charge in [0.05, 0.1) is 5.69 Å². The van der Waals surface area contributed by atoms with Crippen LogP contribution in [0.5, 0.6) is 5.75 Å². The van der Waals surface area contributed by atoms with Crippen LogP contribution in [0.1, 0.15) is 19.2 Å². The van der Waals surface area contributed by atoms with E-state index < -0.39 is 0 Å². The number of aryl methyl sites for hydroxylation is 1. The molecule has 2 aromatic rings. The molecule has 0 aliphatic rings. The Morgan fingerprint density at radius 3 is 3.00 bits per heavy atom. The van der Waals surface area contributed by atoms with Gasteiger partial charge in [-0.25, -0.2) is 14.1 Å². The van der Waals surface area contributed by atoms with Crippen LogP contribution in [0.25, 0.3) is 0 Å². The summed E-state index contributed by atoms with van der Waals surface area (Å²) in [5, 5.41) is 4.09. The molecule has 0 radical (unpaired) electrons. The maximum atomic E-state index is 12.9. The van der Waals surface area contributed by atoms with Gasteiger partial charge in [-0.2, -0.15) is 5.10 Å². The van der Waals surface area contributed by atoms with Gasteiger partial charge in [0.25, 0.3) is 0 Å². The number of anilines is 1. The number of nitrogen functional groups attached to an aromatic ring is 1. The summed E-state index contributed by atoms with van der Waals surface area (Å²) in [5.74, 6) is 0.789. The maximum absolute atomic E-state index is 12.9. The molecule has 0 amide bonds. The van der Waals surface area contributed by atoms with Crippen LogP contribution in [0.2, 0.25) is 0 Å². The lowest BCUT2D eigenvalue weighted by molar-refractivity contribution is 0.287. The second-order valence-corrected chi connectivity index (χ2v) is 3.87. The van der Waals surface area contributed by atoms with Crippen LogP contribution in [-0.4, -0.2) is 14.8 Å². The highest BCUT2D eigenvalue weighted by molar-refractivity contribution is 5.52. The number of benzene rings is 1. The van der Waals surface area contributed by atoms with E-state index >= 15 is 0 Å². The Kier molecular flexibility index (Phi) is 3.76. The predicted octanol–water partition coefficient (Wildman–Crippen LogP) is 1.99. The minimum atomic E-state index is -0.381. The van der Waals surface area contributed by atoms with Crippen LogP contribution in [0.15, 0.2) is 24.5 Å². The zero-order valence-corrected chi connectivity index (χ0v) is 10.1. The van der Waals surface area contributed by atoms with Gasteiger partial charge in [-0.05, 0) is 18.6 Å². The molecule has 1 heterocycles. The third kappa shape index (κ3) is 2.77. The zero-order chi connectivity index (χ0) is 13.0. The van der Waals surface area contributed by atoms with Gasteiger partial charge >= 0.3 is 0 Å². The highest BCUT2D eigenvalue weighted by Crippen LogP contribution is 2.22. The van der Waals surface area contributed by atoms with E-state index in [0.29, 0.717) is 5.75 Å². The zero-order valence-electron chi connectivity index (χ0n) is 10.1. The van der Waals surface area contributed by atoms with Crippen LogP contribution < -0.4 is 10.5 Å². The summed E-state index contributed by atoms with van der Waals surface area (Å²) >= 11 is 0. The second kappa shape index (κ2) is 5.48. The van der Waals surface area contributed by atoms with Gasteiger partial charge in [0.15, 0.2) is 5.82 Å². The molecular weight excluding hydrogens is 235 g/mol. The van der Waals surface area contributed by atoms with E-state index in [4.69, 9.17) is 10.5 Å². The first-order chi connectivity index (χ1) is 8.70. The van der Waals surface area contributed by atoms with E-state index in [-0.39, 0.29) is 18.1 Å². The highest BCUT2D eigenvalue weighted by Gasteiger charge is 2.06. The summed E-state index contributed by atoms with van der Waals surface area (Å²) in [4.78, 5) is 4.11. The Hall–Kier alpha value is -2.11. The Bertz CT molecular complexity index is 527. The number of ether oxygens (including phenoxy) is 1. The van der Waals surface area contributed by atoms with E-state index in [1.165, 1.54) is 24.5 Å². The molecule has 0 fully saturated rings. The molecular formula is C12H15FN4O. The van der Waals surface area contributed by atoms with E-state index in [9.17, 15) is 4.39 Å². The molecule has 0 spiro atoms. The lowest BCUT2D eigenvalue weighted by Gasteiger charge is -2.09. The maximum Gasteiger partial charge on any atom is 0.164 e. The summed E-state index contributed by atoms with van der Waals surface area (Å²) in [6, 6.07) is 4.04. The number of nitrogens with two attached hydrogens (primary N) is 1. The van der Waals surface area contributed by atoms with Crippen molar-refractivity contribution in [3.05, 3.63) is 36.2 Å². The lowest BCUT2D eigenvalue weighted by Crippen LogP contribution is -2.09. The van der Waals surface area contributed by atoms with Crippen molar-refractivity contribution in [3.63, 3.8) is 0 Å². The summed E-state index contributed by atoms with van der Waals surface area (Å²) in [5.41, 5.74) is 5.92. The van der Waals surface area contributed by atoms with Crippen LogP contribution in [-0.2, 0) is 13.2 Å². The number of nitrogens with zero attached hydrogens (tertiary/aromatic N) is 3. The van der Waals surface area contributed by atoms with Crippen LogP contribution in [0, 0.1) is 5.82 Å². The third-order valence-electron chi connectivity index (χ3n) is 2.46. The molecule has 1 aromatic carbocycles. The number of hydrogen-bond acceptors (Lipinski definition) is 4. The van der Waals surface area contributed by atoms with Gasteiger partial charge < -0.3 is 10.5 Å². The van der Waals surface area contributed by atoms with E-state index in [2.05, 4.69) is 17.0 Å². The third-order valence-corrected chi connectivity index (χ3v) is 2.46. The molecule has 0 bridgehead atoms. The second-order valence-electron chi connectivity index (χ2n) is 3.87. The fraction of sp³-hybridized carbons (Fsp3) is 0.333. The minimum Gasteiger partial charge on any atom is -0.483 e. The molecule has 6 heteroatoms. The van der Waals surface area contributed by atoms with Crippen LogP contribution in [0.4, 0.5) is 10.1 Å². The van der Waals surface area contributed by atoms with Crippen molar-refractivity contribution in [1.82, 2.24) is 14.8 Å². The lowest BCUT2D eigenvalue weighted by atomic mass is 10.3. The summed E-state index contributed by atoms with van der Waals surface area (Å²) in [6.07, 6.45) is 2.46. The monoisotopic (exact) mass is 250 g/mol. The number of halogens is 1. The van der Waals surface area contributed by atoms with Crippen molar-refractivity contribution in [2.75, 3.05) is 5.73 Å². The van der Waals surface area contributed by atoms with Gasteiger partial charge in [-0.1, -0.05) is 6.92 Å². The first-order valence-electron chi connectivity index (χ1n) is 5.75. The molecule has 96 valence electrons. The Balaban J connectivity index is 2.04. The van der Waals surface area contributed by atoms with Crippen molar-refractivity contribution in [1.29, 1.82) is 0 Å². The number of hydrogen-bond donors (Lipinski definition) is 1. The quantitative estimate of drug-likeness (QED) is 0.824. The van der Waals surface area contributed by atoms with Crippen LogP contribution in [0.3, 0.4) is 0 Å². The highest BCUT2D eigenvalue weighted by atomic mass is 19.1. The Morgan fingerprint density at radius 1 is 1.44 bits per heavy atom. The van der Waals surface area contributed by atoms with Gasteiger partial charge in [0.1, 0.15) is 24.5 Å². The largest absolute Gasteiger partial charge is 0.483 e. The smallest absolute Gasteiger partial charge is 0.164 e. The average Bonchev–Trinajstić information content (AvgIpc) is 2.76. The fourth-order valence-corrected chi connectivity index (χ4v) is 1.59. The molecule has 0 atom stereocenters. The molecule has 0 unspecified atom stereocenters. The first kappa shape index (κ1) is 12.3. The Labute approximate surface area is 104 Å². The summed E-state index contributed by atoms with van der Waals surface area (Å²) in [7, 11) is 0. The molecule has 18 heavy (non-hydrogen) atoms. The summed E-state index contributed by atoms with van der Waals surface area (Å²) < 4.78 is 20.1. The van der Waals surface area contributed by atoms with Gasteiger partial charge in [0.2, 0.25) is 0 Å². The fourth-order valence-electron chi connectivity index (χ4n) is 1.59. The van der Waals surface area contributed by atoms with Crippen LogP contribution >= 0.6 is 0 Å². The van der Waals surface area contributed by atoms with Gasteiger partial charge in [0, 0.05) is 12.6 Å². The number of rotatable bonds is 5. The first-order valence-corrected chi connectivity index (χ1v) is 5.75. The number of aromatic nitrogens is 3. The molecule has 0 saturated carbocycles. The van der Waals surface area contributed by atoms with Crippen molar-refractivity contribution in [2.24, 2.45) is 0 Å². The molecule has 2 rings (SSSR count). The van der Waals surface area contributed by atoms with Gasteiger partial charge in [-0.15, -0.1) is 0 Å². The summed E-state index contributed by atoms with van der Waals surface area (Å²) in [6.45, 7) is 3.11.